The Hall–Kier alpha value is -2.71. The molecule has 26 heavy (non-hydrogen) atoms. The predicted molar refractivity (Wildman–Crippen MR) is 104 cm³/mol. The number of thioether (sulfide) groups is 1. The average Bonchev–Trinajstić information content (AvgIpc) is 2.89. The van der Waals surface area contributed by atoms with Gasteiger partial charge in [-0.2, -0.15) is 0 Å². The van der Waals surface area contributed by atoms with Gasteiger partial charge >= 0.3 is 5.97 Å². The maximum atomic E-state index is 12.4. The van der Waals surface area contributed by atoms with Crippen LogP contribution in [-0.2, 0) is 9.59 Å². The van der Waals surface area contributed by atoms with E-state index in [0.29, 0.717) is 25.8 Å². The first kappa shape index (κ1) is 18.1. The van der Waals surface area contributed by atoms with Crippen molar-refractivity contribution in [3.8, 4) is 0 Å². The van der Waals surface area contributed by atoms with Crippen molar-refractivity contribution in [2.75, 3.05) is 6.54 Å². The molecule has 0 bridgehead atoms. The van der Waals surface area contributed by atoms with Crippen molar-refractivity contribution < 1.29 is 19.1 Å². The van der Waals surface area contributed by atoms with E-state index in [2.05, 4.69) is 0 Å². The normalized spacial score (nSPS) is 16.3. The minimum atomic E-state index is -0.994. The predicted octanol–water partition coefficient (Wildman–Crippen LogP) is 3.03. The maximum Gasteiger partial charge on any atom is 0.305 e. The summed E-state index contributed by atoms with van der Waals surface area (Å²) < 4.78 is 5.75. The third-order valence-electron chi connectivity index (χ3n) is 3.65. The van der Waals surface area contributed by atoms with E-state index in [0.717, 1.165) is 11.8 Å². The standard InChI is InChI=1S/C18H13NO5S2/c20-15(21)8-9-19-17(23)14(26-18(19)25)7-3-4-11-10-24-13-6-2-1-5-12(13)16(11)22/h1-7,10H,8-9H2,(H,20,21). The Bertz CT molecular complexity index is 1020. The van der Waals surface area contributed by atoms with Gasteiger partial charge in [-0.25, -0.2) is 0 Å². The average molecular weight is 387 g/mol. The molecule has 1 aliphatic heterocycles. The number of benzene rings is 1. The van der Waals surface area contributed by atoms with Crippen LogP contribution in [0, 0.1) is 0 Å². The maximum absolute atomic E-state index is 12.4. The van der Waals surface area contributed by atoms with Gasteiger partial charge in [-0.15, -0.1) is 0 Å². The molecule has 0 saturated carbocycles. The van der Waals surface area contributed by atoms with Gasteiger partial charge in [0, 0.05) is 6.54 Å². The zero-order chi connectivity index (χ0) is 18.7. The number of fused-ring (bicyclic) bond motifs is 1. The van der Waals surface area contributed by atoms with Crippen molar-refractivity contribution in [2.45, 2.75) is 6.42 Å². The summed E-state index contributed by atoms with van der Waals surface area (Å²) in [6.45, 7) is 0.0370. The second kappa shape index (κ2) is 7.67. The van der Waals surface area contributed by atoms with Crippen molar-refractivity contribution >= 4 is 57.2 Å². The van der Waals surface area contributed by atoms with Crippen LogP contribution in [-0.4, -0.2) is 32.7 Å². The highest BCUT2D eigenvalue weighted by atomic mass is 32.2. The van der Waals surface area contributed by atoms with Crippen molar-refractivity contribution in [1.82, 2.24) is 4.90 Å². The molecule has 132 valence electrons. The number of amides is 1. The van der Waals surface area contributed by atoms with Crippen LogP contribution in [0.5, 0.6) is 0 Å². The topological polar surface area (TPSA) is 87.8 Å². The lowest BCUT2D eigenvalue weighted by atomic mass is 10.1. The molecule has 1 N–H and O–H groups in total. The lowest BCUT2D eigenvalue weighted by Crippen LogP contribution is -2.30. The number of carbonyl (C=O) groups excluding carboxylic acids is 1. The zero-order valence-electron chi connectivity index (χ0n) is 13.4. The van der Waals surface area contributed by atoms with E-state index < -0.39 is 5.97 Å². The molecule has 1 amide bonds. The molecule has 1 saturated heterocycles. The molecule has 6 nitrogen and oxygen atoms in total. The fourth-order valence-electron chi connectivity index (χ4n) is 2.36. The van der Waals surface area contributed by atoms with Gasteiger partial charge < -0.3 is 9.52 Å². The van der Waals surface area contributed by atoms with E-state index in [-0.39, 0.29) is 24.3 Å². The molecular weight excluding hydrogens is 374 g/mol. The van der Waals surface area contributed by atoms with E-state index in [1.165, 1.54) is 11.2 Å². The molecule has 8 heteroatoms. The number of carboxylic acid groups (broad SMARTS) is 1. The number of nitrogens with zero attached hydrogens (tertiary/aromatic N) is 1. The first-order valence-electron chi connectivity index (χ1n) is 7.62. The summed E-state index contributed by atoms with van der Waals surface area (Å²) >= 11 is 6.21. The molecule has 1 fully saturated rings. The van der Waals surface area contributed by atoms with Gasteiger partial charge in [0.05, 0.1) is 22.3 Å². The molecule has 3 rings (SSSR count). The zero-order valence-corrected chi connectivity index (χ0v) is 15.0. The van der Waals surface area contributed by atoms with Crippen molar-refractivity contribution in [2.24, 2.45) is 0 Å². The molecule has 0 unspecified atom stereocenters. The van der Waals surface area contributed by atoms with Crippen molar-refractivity contribution in [1.29, 1.82) is 0 Å². The van der Waals surface area contributed by atoms with Gasteiger partial charge in [0.2, 0.25) is 0 Å². The van der Waals surface area contributed by atoms with Gasteiger partial charge in [0.25, 0.3) is 5.91 Å². The van der Waals surface area contributed by atoms with Crippen LogP contribution in [0.2, 0.25) is 0 Å². The number of hydrogen-bond acceptors (Lipinski definition) is 6. The summed E-state index contributed by atoms with van der Waals surface area (Å²) in [6.07, 6.45) is 5.88. The van der Waals surface area contributed by atoms with Crippen LogP contribution < -0.4 is 5.43 Å². The van der Waals surface area contributed by atoms with Gasteiger partial charge in [0.1, 0.15) is 16.2 Å². The molecule has 1 aliphatic rings. The van der Waals surface area contributed by atoms with Gasteiger partial charge in [-0.05, 0) is 24.3 Å². The molecule has 0 aliphatic carbocycles. The number of rotatable bonds is 5. The van der Waals surface area contributed by atoms with Crippen LogP contribution in [0.25, 0.3) is 17.0 Å². The number of hydrogen-bond donors (Lipinski definition) is 1. The molecular formula is C18H13NO5S2. The number of aliphatic carboxylic acids is 1. The smallest absolute Gasteiger partial charge is 0.305 e. The van der Waals surface area contributed by atoms with Crippen LogP contribution in [0.1, 0.15) is 12.0 Å². The van der Waals surface area contributed by atoms with Gasteiger partial charge in [-0.3, -0.25) is 19.3 Å². The first-order valence-corrected chi connectivity index (χ1v) is 8.84. The number of carboxylic acids is 1. The number of para-hydroxylation sites is 1. The second-order valence-electron chi connectivity index (χ2n) is 5.37. The van der Waals surface area contributed by atoms with E-state index >= 15 is 0 Å². The minimum Gasteiger partial charge on any atom is -0.481 e. The SMILES string of the molecule is O=C(O)CCN1C(=O)C(=CC=Cc2coc3ccccc3c2=O)SC1=S. The van der Waals surface area contributed by atoms with Gasteiger partial charge in [0.15, 0.2) is 5.43 Å². The summed E-state index contributed by atoms with van der Waals surface area (Å²) in [7, 11) is 0. The highest BCUT2D eigenvalue weighted by molar-refractivity contribution is 8.26. The lowest BCUT2D eigenvalue weighted by Gasteiger charge is -2.12. The number of carbonyl (C=O) groups is 2. The largest absolute Gasteiger partial charge is 0.481 e. The van der Waals surface area contributed by atoms with Gasteiger partial charge in [-0.1, -0.05) is 42.2 Å². The molecule has 0 atom stereocenters. The Morgan fingerprint density at radius 1 is 1.31 bits per heavy atom. The summed E-state index contributed by atoms with van der Waals surface area (Å²) in [5.41, 5.74) is 0.709. The molecule has 1 aromatic carbocycles. The Morgan fingerprint density at radius 2 is 2.08 bits per heavy atom. The summed E-state index contributed by atoms with van der Waals surface area (Å²) in [5.74, 6) is -1.33. The summed E-state index contributed by atoms with van der Waals surface area (Å²) in [4.78, 5) is 36.9. The minimum absolute atomic E-state index is 0.0370. The highest BCUT2D eigenvalue weighted by Crippen LogP contribution is 2.31. The molecule has 2 heterocycles. The van der Waals surface area contributed by atoms with Crippen LogP contribution >= 0.6 is 24.0 Å². The van der Waals surface area contributed by atoms with Crippen LogP contribution in [0.4, 0.5) is 0 Å². The van der Waals surface area contributed by atoms with Crippen LogP contribution in [0.3, 0.4) is 0 Å². The fraction of sp³-hybridized carbons (Fsp3) is 0.111. The van der Waals surface area contributed by atoms with E-state index in [1.807, 2.05) is 0 Å². The van der Waals surface area contributed by atoms with E-state index in [4.69, 9.17) is 21.7 Å². The lowest BCUT2D eigenvalue weighted by molar-refractivity contribution is -0.137. The molecule has 1 aromatic heterocycles. The number of allylic oxidation sites excluding steroid dienone is 2. The number of thiocarbonyl (C=S) groups is 1. The molecule has 2 aromatic rings. The first-order chi connectivity index (χ1) is 12.5. The molecule has 0 spiro atoms. The second-order valence-corrected chi connectivity index (χ2v) is 7.05. The van der Waals surface area contributed by atoms with E-state index in [9.17, 15) is 14.4 Å². The van der Waals surface area contributed by atoms with Crippen LogP contribution in [0.15, 0.2) is 56.8 Å². The highest BCUT2D eigenvalue weighted by Gasteiger charge is 2.31. The monoisotopic (exact) mass is 387 g/mol. The Labute approximate surface area is 157 Å². The van der Waals surface area contributed by atoms with E-state index in [1.54, 1.807) is 42.5 Å². The summed E-state index contributed by atoms with van der Waals surface area (Å²) in [6, 6.07) is 6.95. The van der Waals surface area contributed by atoms with Crippen molar-refractivity contribution in [3.63, 3.8) is 0 Å². The molecule has 0 radical (unpaired) electrons. The Morgan fingerprint density at radius 3 is 2.85 bits per heavy atom. The third kappa shape index (κ3) is 3.76. The summed E-state index contributed by atoms with van der Waals surface area (Å²) in [5, 5.41) is 9.21. The Balaban J connectivity index is 1.79. The third-order valence-corrected chi connectivity index (χ3v) is 5.05. The Kier molecular flexibility index (Phi) is 5.34. The quantitative estimate of drug-likeness (QED) is 0.623. The van der Waals surface area contributed by atoms with Crippen molar-refractivity contribution in [3.05, 3.63) is 63.4 Å². The fourth-order valence-corrected chi connectivity index (χ4v) is 3.62.